The van der Waals surface area contributed by atoms with Crippen LogP contribution in [0.2, 0.25) is 0 Å². The number of hydrazine groups is 1. The molecule has 0 radical (unpaired) electrons. The van der Waals surface area contributed by atoms with Crippen LogP contribution in [0.4, 0.5) is 26.1 Å². The van der Waals surface area contributed by atoms with E-state index < -0.39 is 11.6 Å². The molecule has 21 heavy (non-hydrogen) atoms. The zero-order valence-electron chi connectivity index (χ0n) is 10.9. The number of pyridine rings is 1. The predicted octanol–water partition coefficient (Wildman–Crippen LogP) is 3.54. The number of nitrogen functional groups attached to an aromatic ring is 1. The SMILES string of the molecule is NNc1nc(Nc2cccc3ccccc23)c(F)cc1F. The lowest BCUT2D eigenvalue weighted by Gasteiger charge is -2.11. The second-order valence-electron chi connectivity index (χ2n) is 4.45. The number of rotatable bonds is 3. The molecule has 6 heteroatoms. The Morgan fingerprint density at radius 2 is 1.62 bits per heavy atom. The minimum atomic E-state index is -0.849. The van der Waals surface area contributed by atoms with E-state index in [-0.39, 0.29) is 11.6 Å². The van der Waals surface area contributed by atoms with Crippen molar-refractivity contribution in [3.05, 3.63) is 60.2 Å². The highest BCUT2D eigenvalue weighted by molar-refractivity contribution is 5.95. The number of hydrogen-bond acceptors (Lipinski definition) is 4. The Labute approximate surface area is 119 Å². The third-order valence-corrected chi connectivity index (χ3v) is 3.11. The van der Waals surface area contributed by atoms with Gasteiger partial charge in [-0.15, -0.1) is 0 Å². The van der Waals surface area contributed by atoms with Gasteiger partial charge >= 0.3 is 0 Å². The summed E-state index contributed by atoms with van der Waals surface area (Å²) in [6.45, 7) is 0. The summed E-state index contributed by atoms with van der Waals surface area (Å²) in [5.41, 5.74) is 2.77. The number of nitrogens with zero attached hydrogens (tertiary/aromatic N) is 1. The number of anilines is 3. The van der Waals surface area contributed by atoms with Crippen LogP contribution >= 0.6 is 0 Å². The molecule has 3 aromatic rings. The van der Waals surface area contributed by atoms with Gasteiger partial charge in [0.05, 0.1) is 0 Å². The van der Waals surface area contributed by atoms with Crippen molar-refractivity contribution in [3.8, 4) is 0 Å². The molecule has 0 saturated heterocycles. The van der Waals surface area contributed by atoms with Gasteiger partial charge < -0.3 is 10.7 Å². The maximum Gasteiger partial charge on any atom is 0.178 e. The second-order valence-corrected chi connectivity index (χ2v) is 4.45. The maximum absolute atomic E-state index is 13.8. The van der Waals surface area contributed by atoms with Crippen molar-refractivity contribution in [2.24, 2.45) is 5.84 Å². The van der Waals surface area contributed by atoms with Crippen molar-refractivity contribution in [1.29, 1.82) is 0 Å². The first-order valence-electron chi connectivity index (χ1n) is 6.26. The van der Waals surface area contributed by atoms with Gasteiger partial charge in [0.15, 0.2) is 23.3 Å². The molecule has 0 saturated carbocycles. The molecule has 0 atom stereocenters. The van der Waals surface area contributed by atoms with E-state index >= 15 is 0 Å². The molecular weight excluding hydrogens is 274 g/mol. The van der Waals surface area contributed by atoms with Gasteiger partial charge in [-0.1, -0.05) is 36.4 Å². The maximum atomic E-state index is 13.8. The highest BCUT2D eigenvalue weighted by Crippen LogP contribution is 2.27. The molecule has 0 spiro atoms. The second kappa shape index (κ2) is 5.34. The molecule has 1 heterocycles. The summed E-state index contributed by atoms with van der Waals surface area (Å²) in [6.07, 6.45) is 0. The van der Waals surface area contributed by atoms with Gasteiger partial charge in [0.1, 0.15) is 0 Å². The molecule has 0 unspecified atom stereocenters. The average Bonchev–Trinajstić information content (AvgIpc) is 2.50. The lowest BCUT2D eigenvalue weighted by atomic mass is 10.1. The Morgan fingerprint density at radius 1 is 0.905 bits per heavy atom. The number of halogens is 2. The zero-order chi connectivity index (χ0) is 14.8. The fraction of sp³-hybridized carbons (Fsp3) is 0. The Morgan fingerprint density at radius 3 is 2.43 bits per heavy atom. The van der Waals surface area contributed by atoms with Gasteiger partial charge in [0, 0.05) is 17.1 Å². The molecule has 0 aliphatic carbocycles. The van der Waals surface area contributed by atoms with Crippen LogP contribution in [-0.4, -0.2) is 4.98 Å². The fourth-order valence-corrected chi connectivity index (χ4v) is 2.12. The van der Waals surface area contributed by atoms with Crippen LogP contribution in [0.3, 0.4) is 0 Å². The molecular formula is C15H12F2N4. The Balaban J connectivity index is 2.07. The zero-order valence-corrected chi connectivity index (χ0v) is 10.9. The molecule has 3 rings (SSSR count). The summed E-state index contributed by atoms with van der Waals surface area (Å²) in [6, 6.07) is 14.0. The standard InChI is InChI=1S/C15H12F2N4/c16-11-8-12(17)15(21-18)20-14(11)19-13-7-3-5-9-4-1-2-6-10(9)13/h1-8H,18H2,(H2,19,20,21). The minimum Gasteiger partial charge on any atom is -0.337 e. The van der Waals surface area contributed by atoms with Crippen molar-refractivity contribution >= 4 is 28.1 Å². The summed E-state index contributed by atoms with van der Waals surface area (Å²) in [4.78, 5) is 3.80. The highest BCUT2D eigenvalue weighted by Gasteiger charge is 2.12. The summed E-state index contributed by atoms with van der Waals surface area (Å²) >= 11 is 0. The summed E-state index contributed by atoms with van der Waals surface area (Å²) < 4.78 is 27.2. The predicted molar refractivity (Wildman–Crippen MR) is 79.2 cm³/mol. The molecule has 0 fully saturated rings. The first-order chi connectivity index (χ1) is 10.2. The van der Waals surface area contributed by atoms with Gasteiger partial charge in [-0.25, -0.2) is 19.6 Å². The van der Waals surface area contributed by atoms with Gasteiger partial charge in [-0.05, 0) is 11.5 Å². The van der Waals surface area contributed by atoms with Crippen molar-refractivity contribution < 1.29 is 8.78 Å². The van der Waals surface area contributed by atoms with Crippen LogP contribution < -0.4 is 16.6 Å². The van der Waals surface area contributed by atoms with Crippen molar-refractivity contribution in [3.63, 3.8) is 0 Å². The summed E-state index contributed by atoms with van der Waals surface area (Å²) in [5, 5.41) is 4.78. The first kappa shape index (κ1) is 13.3. The number of hydrogen-bond donors (Lipinski definition) is 3. The van der Waals surface area contributed by atoms with Crippen LogP contribution in [0.1, 0.15) is 0 Å². The summed E-state index contributed by atoms with van der Waals surface area (Å²) in [7, 11) is 0. The molecule has 0 aliphatic rings. The minimum absolute atomic E-state index is 0.0966. The number of nitrogens with one attached hydrogen (secondary N) is 2. The Bertz CT molecular complexity index is 800. The Kier molecular flexibility index (Phi) is 3.37. The van der Waals surface area contributed by atoms with E-state index in [1.165, 1.54) is 0 Å². The fourth-order valence-electron chi connectivity index (χ4n) is 2.12. The number of benzene rings is 2. The quantitative estimate of drug-likeness (QED) is 0.509. The molecule has 0 bridgehead atoms. The van der Waals surface area contributed by atoms with Crippen LogP contribution in [-0.2, 0) is 0 Å². The van der Waals surface area contributed by atoms with Crippen molar-refractivity contribution in [1.82, 2.24) is 4.98 Å². The van der Waals surface area contributed by atoms with Gasteiger partial charge in [0.2, 0.25) is 0 Å². The third kappa shape index (κ3) is 2.48. The van der Waals surface area contributed by atoms with Crippen LogP contribution in [0.25, 0.3) is 10.8 Å². The third-order valence-electron chi connectivity index (χ3n) is 3.11. The lowest BCUT2D eigenvalue weighted by Crippen LogP contribution is -2.12. The summed E-state index contributed by atoms with van der Waals surface area (Å²) in [5.74, 6) is 3.19. The number of nitrogens with two attached hydrogens (primary N) is 1. The molecule has 106 valence electrons. The number of fused-ring (bicyclic) bond motifs is 1. The van der Waals surface area contributed by atoms with Crippen LogP contribution in [0.15, 0.2) is 48.5 Å². The molecule has 0 amide bonds. The first-order valence-corrected chi connectivity index (χ1v) is 6.26. The van der Waals surface area contributed by atoms with E-state index in [9.17, 15) is 8.78 Å². The highest BCUT2D eigenvalue weighted by atomic mass is 19.1. The van der Waals surface area contributed by atoms with E-state index in [2.05, 4.69) is 15.7 Å². The topological polar surface area (TPSA) is 63.0 Å². The van der Waals surface area contributed by atoms with Crippen molar-refractivity contribution in [2.75, 3.05) is 10.7 Å². The largest absolute Gasteiger partial charge is 0.337 e. The number of aromatic nitrogens is 1. The van der Waals surface area contributed by atoms with Crippen LogP contribution in [0, 0.1) is 11.6 Å². The van der Waals surface area contributed by atoms with Gasteiger partial charge in [-0.2, -0.15) is 0 Å². The van der Waals surface area contributed by atoms with Crippen LogP contribution in [0.5, 0.6) is 0 Å². The van der Waals surface area contributed by atoms with Gasteiger partial charge in [0.25, 0.3) is 0 Å². The molecule has 4 nitrogen and oxygen atoms in total. The van der Waals surface area contributed by atoms with E-state index in [0.717, 1.165) is 16.8 Å². The molecule has 4 N–H and O–H groups in total. The van der Waals surface area contributed by atoms with Gasteiger partial charge in [-0.3, -0.25) is 0 Å². The Hall–Kier alpha value is -2.73. The van der Waals surface area contributed by atoms with E-state index in [1.807, 2.05) is 36.4 Å². The lowest BCUT2D eigenvalue weighted by molar-refractivity contribution is 0.579. The van der Waals surface area contributed by atoms with E-state index in [0.29, 0.717) is 5.69 Å². The van der Waals surface area contributed by atoms with E-state index in [1.54, 1.807) is 6.07 Å². The monoisotopic (exact) mass is 286 g/mol. The molecule has 1 aromatic heterocycles. The smallest absolute Gasteiger partial charge is 0.178 e. The van der Waals surface area contributed by atoms with E-state index in [4.69, 9.17) is 5.84 Å². The van der Waals surface area contributed by atoms with Crippen molar-refractivity contribution in [2.45, 2.75) is 0 Å². The molecule has 2 aromatic carbocycles. The molecule has 0 aliphatic heterocycles. The normalized spacial score (nSPS) is 10.6. The average molecular weight is 286 g/mol.